The van der Waals surface area contributed by atoms with Crippen molar-refractivity contribution in [2.75, 3.05) is 5.32 Å². The summed E-state index contributed by atoms with van der Waals surface area (Å²) < 4.78 is 0. The molecular weight excluding hydrogens is 354 g/mol. The first-order valence-electron chi connectivity index (χ1n) is 11.9. The number of benzene rings is 2. The lowest BCUT2D eigenvalue weighted by Crippen LogP contribution is -2.04. The standard InChI is InChI=1S/C27H41NO/c1-2-15-27(29)19-14-9-7-5-3-4-6-8-11-16-24-20-22-26(23-21-24)28-25-17-12-10-13-18-25/h10,12-13,17-18,20-23,27-29H,2-9,11,14-16,19H2,1H3. The number of rotatable bonds is 16. The number of hydrogen-bond acceptors (Lipinski definition) is 2. The zero-order valence-corrected chi connectivity index (χ0v) is 18.4. The van der Waals surface area contributed by atoms with E-state index < -0.39 is 0 Å². The van der Waals surface area contributed by atoms with Crippen LogP contribution in [0.1, 0.15) is 89.5 Å². The second-order valence-corrected chi connectivity index (χ2v) is 8.35. The monoisotopic (exact) mass is 395 g/mol. The molecule has 160 valence electrons. The van der Waals surface area contributed by atoms with E-state index in [1.165, 1.54) is 69.8 Å². The Bertz CT molecular complexity index is 623. The molecule has 0 aliphatic carbocycles. The third-order valence-corrected chi connectivity index (χ3v) is 5.64. The fraction of sp³-hybridized carbons (Fsp3) is 0.556. The van der Waals surface area contributed by atoms with Crippen LogP contribution in [0.2, 0.25) is 0 Å². The summed E-state index contributed by atoms with van der Waals surface area (Å²) in [4.78, 5) is 0. The number of hydrogen-bond donors (Lipinski definition) is 2. The van der Waals surface area contributed by atoms with Gasteiger partial charge in [0, 0.05) is 11.4 Å². The van der Waals surface area contributed by atoms with Crippen molar-refractivity contribution in [1.82, 2.24) is 0 Å². The van der Waals surface area contributed by atoms with Gasteiger partial charge in [0.05, 0.1) is 6.10 Å². The molecule has 0 spiro atoms. The van der Waals surface area contributed by atoms with Gasteiger partial charge in [0.15, 0.2) is 0 Å². The Morgan fingerprint density at radius 1 is 0.655 bits per heavy atom. The lowest BCUT2D eigenvalue weighted by atomic mass is 10.0. The lowest BCUT2D eigenvalue weighted by Gasteiger charge is -2.08. The Kier molecular flexibility index (Phi) is 12.2. The van der Waals surface area contributed by atoms with Crippen LogP contribution in [0.4, 0.5) is 11.4 Å². The van der Waals surface area contributed by atoms with E-state index in [0.717, 1.165) is 30.6 Å². The largest absolute Gasteiger partial charge is 0.393 e. The number of para-hydroxylation sites is 1. The molecule has 0 amide bonds. The van der Waals surface area contributed by atoms with E-state index in [1.54, 1.807) is 0 Å². The summed E-state index contributed by atoms with van der Waals surface area (Å²) in [6.07, 6.45) is 16.1. The second kappa shape index (κ2) is 15.1. The van der Waals surface area contributed by atoms with E-state index in [1.807, 2.05) is 6.07 Å². The van der Waals surface area contributed by atoms with Crippen LogP contribution in [0.5, 0.6) is 0 Å². The fourth-order valence-corrected chi connectivity index (χ4v) is 3.87. The molecule has 2 N–H and O–H groups in total. The summed E-state index contributed by atoms with van der Waals surface area (Å²) in [5.74, 6) is 0. The van der Waals surface area contributed by atoms with Crippen molar-refractivity contribution >= 4 is 11.4 Å². The number of unbranched alkanes of at least 4 members (excludes halogenated alkanes) is 8. The van der Waals surface area contributed by atoms with Gasteiger partial charge in [-0.15, -0.1) is 0 Å². The van der Waals surface area contributed by atoms with E-state index in [-0.39, 0.29) is 6.10 Å². The molecule has 1 atom stereocenters. The molecule has 2 aromatic rings. The number of aliphatic hydroxyl groups excluding tert-OH is 1. The van der Waals surface area contributed by atoms with Gasteiger partial charge in [0.1, 0.15) is 0 Å². The Hall–Kier alpha value is -1.80. The van der Waals surface area contributed by atoms with Gasteiger partial charge in [0.25, 0.3) is 0 Å². The van der Waals surface area contributed by atoms with Crippen LogP contribution in [-0.2, 0) is 6.42 Å². The molecule has 0 fully saturated rings. The van der Waals surface area contributed by atoms with Crippen LogP contribution in [0, 0.1) is 0 Å². The van der Waals surface area contributed by atoms with Gasteiger partial charge in [0.2, 0.25) is 0 Å². The normalized spacial score (nSPS) is 12.1. The average Bonchev–Trinajstić information content (AvgIpc) is 2.74. The second-order valence-electron chi connectivity index (χ2n) is 8.35. The summed E-state index contributed by atoms with van der Waals surface area (Å²) >= 11 is 0. The highest BCUT2D eigenvalue weighted by Crippen LogP contribution is 2.18. The van der Waals surface area contributed by atoms with Gasteiger partial charge in [-0.1, -0.05) is 95.0 Å². The number of nitrogens with one attached hydrogen (secondary N) is 1. The van der Waals surface area contributed by atoms with Crippen LogP contribution < -0.4 is 5.32 Å². The first-order chi connectivity index (χ1) is 14.3. The van der Waals surface area contributed by atoms with Gasteiger partial charge < -0.3 is 10.4 Å². The summed E-state index contributed by atoms with van der Waals surface area (Å²) in [6, 6.07) is 19.2. The topological polar surface area (TPSA) is 32.3 Å². The predicted octanol–water partition coefficient (Wildman–Crippen LogP) is 8.03. The van der Waals surface area contributed by atoms with Crippen molar-refractivity contribution in [2.24, 2.45) is 0 Å². The van der Waals surface area contributed by atoms with Crippen molar-refractivity contribution < 1.29 is 5.11 Å². The van der Waals surface area contributed by atoms with E-state index in [9.17, 15) is 5.11 Å². The molecule has 2 aromatic carbocycles. The number of aliphatic hydroxyl groups is 1. The van der Waals surface area contributed by atoms with Gasteiger partial charge in [-0.2, -0.15) is 0 Å². The highest BCUT2D eigenvalue weighted by Gasteiger charge is 2.01. The molecule has 1 unspecified atom stereocenters. The minimum absolute atomic E-state index is 0.0590. The summed E-state index contributed by atoms with van der Waals surface area (Å²) in [6.45, 7) is 2.14. The van der Waals surface area contributed by atoms with Gasteiger partial charge in [-0.05, 0) is 55.5 Å². The predicted molar refractivity (Wildman–Crippen MR) is 127 cm³/mol. The Balaban J connectivity index is 1.43. The van der Waals surface area contributed by atoms with Crippen LogP contribution in [0.3, 0.4) is 0 Å². The SMILES string of the molecule is CCCC(O)CCCCCCCCCCCc1ccc(Nc2ccccc2)cc1. The van der Waals surface area contributed by atoms with Gasteiger partial charge in [-0.25, -0.2) is 0 Å². The van der Waals surface area contributed by atoms with E-state index >= 15 is 0 Å². The van der Waals surface area contributed by atoms with Crippen LogP contribution in [0.15, 0.2) is 54.6 Å². The average molecular weight is 396 g/mol. The smallest absolute Gasteiger partial charge is 0.0540 e. The summed E-state index contributed by atoms with van der Waals surface area (Å²) in [7, 11) is 0. The maximum atomic E-state index is 9.73. The van der Waals surface area contributed by atoms with Crippen molar-refractivity contribution in [2.45, 2.75) is 96.5 Å². The molecule has 0 aliphatic heterocycles. The van der Waals surface area contributed by atoms with Crippen LogP contribution >= 0.6 is 0 Å². The fourth-order valence-electron chi connectivity index (χ4n) is 3.87. The molecule has 2 heteroatoms. The minimum Gasteiger partial charge on any atom is -0.393 e. The highest BCUT2D eigenvalue weighted by atomic mass is 16.3. The molecule has 2 nitrogen and oxygen atoms in total. The summed E-state index contributed by atoms with van der Waals surface area (Å²) in [5, 5.41) is 13.2. The molecule has 0 heterocycles. The van der Waals surface area contributed by atoms with Gasteiger partial charge in [-0.3, -0.25) is 0 Å². The maximum absolute atomic E-state index is 9.73. The summed E-state index contributed by atoms with van der Waals surface area (Å²) in [5.41, 5.74) is 3.73. The quantitative estimate of drug-likeness (QED) is 0.282. The van der Waals surface area contributed by atoms with E-state index in [0.29, 0.717) is 0 Å². The Morgan fingerprint density at radius 2 is 1.21 bits per heavy atom. The molecule has 29 heavy (non-hydrogen) atoms. The van der Waals surface area contributed by atoms with Crippen molar-refractivity contribution in [3.05, 3.63) is 60.2 Å². The molecule has 2 rings (SSSR count). The maximum Gasteiger partial charge on any atom is 0.0540 e. The molecule has 0 radical (unpaired) electrons. The third-order valence-electron chi connectivity index (χ3n) is 5.64. The van der Waals surface area contributed by atoms with Crippen molar-refractivity contribution in [1.29, 1.82) is 0 Å². The minimum atomic E-state index is -0.0590. The van der Waals surface area contributed by atoms with E-state index in [4.69, 9.17) is 0 Å². The molecular formula is C27H41NO. The zero-order chi connectivity index (χ0) is 20.6. The highest BCUT2D eigenvalue weighted by molar-refractivity contribution is 5.59. The Morgan fingerprint density at radius 3 is 1.83 bits per heavy atom. The number of aryl methyl sites for hydroxylation is 1. The third kappa shape index (κ3) is 11.1. The van der Waals surface area contributed by atoms with Crippen molar-refractivity contribution in [3.63, 3.8) is 0 Å². The molecule has 0 aromatic heterocycles. The first-order valence-corrected chi connectivity index (χ1v) is 11.9. The van der Waals surface area contributed by atoms with Crippen molar-refractivity contribution in [3.8, 4) is 0 Å². The molecule has 0 bridgehead atoms. The number of anilines is 2. The van der Waals surface area contributed by atoms with Gasteiger partial charge >= 0.3 is 0 Å². The van der Waals surface area contributed by atoms with Crippen LogP contribution in [0.25, 0.3) is 0 Å². The van der Waals surface area contributed by atoms with Crippen LogP contribution in [-0.4, -0.2) is 11.2 Å². The molecule has 0 saturated heterocycles. The lowest BCUT2D eigenvalue weighted by molar-refractivity contribution is 0.150. The Labute approximate surface area is 178 Å². The molecule has 0 saturated carbocycles. The first kappa shape index (κ1) is 23.5. The van der Waals surface area contributed by atoms with E-state index in [2.05, 4.69) is 60.8 Å². The molecule has 0 aliphatic rings. The zero-order valence-electron chi connectivity index (χ0n) is 18.4.